The molecule has 5 saturated carbocycles. The van der Waals surface area contributed by atoms with Crippen LogP contribution in [0, 0.1) is 62.6 Å². The van der Waals surface area contributed by atoms with Gasteiger partial charge < -0.3 is 10.2 Å². The van der Waals surface area contributed by atoms with Gasteiger partial charge in [-0.3, -0.25) is 29.2 Å². The van der Waals surface area contributed by atoms with Crippen LogP contribution in [0.25, 0.3) is 0 Å². The lowest BCUT2D eigenvalue weighted by molar-refractivity contribution is -0.246. The molecule has 8 nitrogen and oxygen atoms in total. The summed E-state index contributed by atoms with van der Waals surface area (Å²) < 4.78 is -0.426. The summed E-state index contributed by atoms with van der Waals surface area (Å²) in [5.41, 5.74) is 2.42. The van der Waals surface area contributed by atoms with Gasteiger partial charge in [0.15, 0.2) is 0 Å². The topological polar surface area (TPSA) is 87.6 Å². The van der Waals surface area contributed by atoms with Crippen molar-refractivity contribution in [2.45, 2.75) is 159 Å². The van der Waals surface area contributed by atoms with E-state index in [4.69, 9.17) is 6.58 Å². The van der Waals surface area contributed by atoms with Gasteiger partial charge in [-0.05, 0) is 153 Å². The minimum atomic E-state index is -0.669. The van der Waals surface area contributed by atoms with Gasteiger partial charge >= 0.3 is 11.9 Å². The van der Waals surface area contributed by atoms with Gasteiger partial charge in [-0.25, -0.2) is 0 Å². The lowest BCUT2D eigenvalue weighted by Gasteiger charge is -2.74. The number of hydrogen-bond donors (Lipinski definition) is 2. The number of nitrogens with zero attached hydrogens (tertiary/aromatic N) is 4. The van der Waals surface area contributed by atoms with E-state index in [1.54, 1.807) is 0 Å². The van der Waals surface area contributed by atoms with Gasteiger partial charge in [0.2, 0.25) is 0 Å². The van der Waals surface area contributed by atoms with Crippen molar-refractivity contribution in [2.75, 3.05) is 65.4 Å². The molecule has 14 atom stereocenters. The number of carboxylic acid groups (broad SMARTS) is 2. The van der Waals surface area contributed by atoms with E-state index in [-0.39, 0.29) is 48.6 Å². The van der Waals surface area contributed by atoms with Gasteiger partial charge in [-0.15, -0.1) is 0 Å². The van der Waals surface area contributed by atoms with E-state index in [1.165, 1.54) is 69.8 Å². The summed E-state index contributed by atoms with van der Waals surface area (Å²) in [5, 5.41) is 20.1. The van der Waals surface area contributed by atoms with E-state index >= 15 is 0 Å². The molecule has 5 aliphatic carbocycles. The summed E-state index contributed by atoms with van der Waals surface area (Å²) >= 11 is 9.03. The number of carboxylic acids is 2. The summed E-state index contributed by atoms with van der Waals surface area (Å²) in [7, 11) is 0. The van der Waals surface area contributed by atoms with Gasteiger partial charge in [-0.1, -0.05) is 78.6 Å². The predicted octanol–water partition coefficient (Wildman–Crippen LogP) is 9.65. The smallest absolute Gasteiger partial charge is 0.303 e. The van der Waals surface area contributed by atoms with Crippen molar-refractivity contribution < 1.29 is 19.8 Å². The Kier molecular flexibility index (Phi) is 11.6. The van der Waals surface area contributed by atoms with E-state index in [0.717, 1.165) is 71.9 Å². The quantitative estimate of drug-likeness (QED) is 0.148. The first kappa shape index (κ1) is 44.7. The lowest BCUT2D eigenvalue weighted by atomic mass is 9.31. The lowest BCUT2D eigenvalue weighted by Crippen LogP contribution is -2.71. The first-order valence-corrected chi connectivity index (χ1v) is 26.2. The second-order valence-electron chi connectivity index (χ2n) is 24.1. The largest absolute Gasteiger partial charge is 0.481 e. The summed E-state index contributed by atoms with van der Waals surface area (Å²) in [6, 6.07) is 0.718. The average molecular weight is 961 g/mol. The predicted molar refractivity (Wildman–Crippen MR) is 248 cm³/mol. The van der Waals surface area contributed by atoms with Crippen molar-refractivity contribution in [1.82, 2.24) is 19.6 Å². The van der Waals surface area contributed by atoms with Crippen LogP contribution in [0.2, 0.25) is 0 Å². The van der Waals surface area contributed by atoms with Gasteiger partial charge in [-0.2, -0.15) is 0 Å². The number of allylic oxidation sites excluding steroid dienone is 1. The number of aliphatic carboxylic acids is 2. The zero-order valence-electron chi connectivity index (χ0n) is 38.3. The number of carbonyl (C=O) groups is 2. The molecule has 10 heteroatoms. The van der Waals surface area contributed by atoms with Crippen LogP contribution in [-0.4, -0.2) is 128 Å². The van der Waals surface area contributed by atoms with Crippen LogP contribution in [0.5, 0.6) is 0 Å². The molecule has 0 aromatic heterocycles. The van der Waals surface area contributed by atoms with Crippen molar-refractivity contribution in [3.05, 3.63) is 12.2 Å². The third kappa shape index (κ3) is 6.78. The highest BCUT2D eigenvalue weighted by molar-refractivity contribution is 9.10. The van der Waals surface area contributed by atoms with Crippen molar-refractivity contribution in [1.29, 1.82) is 0 Å². The van der Waals surface area contributed by atoms with E-state index in [2.05, 4.69) is 93.0 Å². The summed E-state index contributed by atoms with van der Waals surface area (Å²) in [4.78, 5) is 35.2. The Balaban J connectivity index is 1.02. The molecule has 4 bridgehead atoms. The number of hydrogen-bond acceptors (Lipinski definition) is 6. The molecular formula is C50H80Br2N4O4. The molecule has 2 N–H and O–H groups in total. The van der Waals surface area contributed by atoms with Crippen LogP contribution in [0.1, 0.15) is 138 Å². The molecule has 6 saturated heterocycles. The van der Waals surface area contributed by atoms with E-state index in [9.17, 15) is 19.8 Å². The highest BCUT2D eigenvalue weighted by Gasteiger charge is 2.72. The molecule has 6 heterocycles. The van der Waals surface area contributed by atoms with Crippen molar-refractivity contribution in [3.63, 3.8) is 0 Å². The molecule has 0 amide bonds. The van der Waals surface area contributed by atoms with E-state index in [0.29, 0.717) is 60.4 Å². The fourth-order valence-corrected chi connectivity index (χ4v) is 21.4. The molecule has 6 aliphatic heterocycles. The monoisotopic (exact) mass is 958 g/mol. The molecule has 338 valence electrons. The molecule has 60 heavy (non-hydrogen) atoms. The maximum atomic E-state index is 12.3. The van der Waals surface area contributed by atoms with Gasteiger partial charge in [0.1, 0.15) is 0 Å². The zero-order valence-corrected chi connectivity index (χ0v) is 41.4. The number of rotatable bonds is 12. The third-order valence-electron chi connectivity index (χ3n) is 21.7. The Morgan fingerprint density at radius 2 is 1.28 bits per heavy atom. The third-order valence-corrected chi connectivity index (χ3v) is 24.4. The first-order chi connectivity index (χ1) is 28.2. The van der Waals surface area contributed by atoms with E-state index in [1.807, 2.05) is 0 Å². The highest BCUT2D eigenvalue weighted by atomic mass is 79.9. The van der Waals surface area contributed by atoms with Crippen molar-refractivity contribution >= 4 is 43.8 Å². The Morgan fingerprint density at radius 1 is 0.683 bits per heavy atom. The normalized spacial score (nSPS) is 49.7. The Bertz CT molecular complexity index is 1700. The zero-order chi connectivity index (χ0) is 42.8. The average Bonchev–Trinajstić information content (AvgIpc) is 3.59. The number of halogens is 2. The molecule has 11 rings (SSSR count). The fraction of sp³-hybridized carbons (Fsp3) is 0.920. The van der Waals surface area contributed by atoms with Crippen molar-refractivity contribution in [3.8, 4) is 0 Å². The first-order valence-electron chi connectivity index (χ1n) is 24.6. The molecule has 11 aliphatic rings. The SMILES string of the molecule is C=C(C)[C@@H]1CC[C@]2(CC(Br)(CCC(=O)O)C3CN4CCN3CC4)CC[C@]3(C)[C@H](CC[C@@H]4[C@@]5(C)CCC(C(Br)(CCC(=O)O)C6CN7CCN6CC7)C(C)(C)[C@@H]5CC[C@]43C)[C@@H]12. The minimum Gasteiger partial charge on any atom is -0.481 e. The molecule has 0 spiro atoms. The molecule has 0 radical (unpaired) electrons. The number of alkyl halides is 2. The van der Waals surface area contributed by atoms with Crippen LogP contribution < -0.4 is 0 Å². The van der Waals surface area contributed by atoms with Gasteiger partial charge in [0.25, 0.3) is 0 Å². The highest BCUT2D eigenvalue weighted by Crippen LogP contribution is 2.79. The standard InChI is InChI=1S/C50H80Br2N4O4/c1-33(2)34-10-17-48(32-49(51,18-13-41(57)58)39-30-53-22-26-55(39)27-23-53)21-20-46(6)35(43(34)48)8-9-38-45(5)15-11-37(44(3,4)36(45)12-16-47(38,46)7)50(52,19-14-42(59)60)40-31-54-24-28-56(40)29-25-54/h34-40,43H,1,8-32H2,2-7H3,(H,57,58)(H,59,60)/t34-,35+,36-,37?,38+,39?,40?,43+,45-,46+,47+,48+,49?,50?/m0/s1. The van der Waals surface area contributed by atoms with Gasteiger partial charge in [0.05, 0.1) is 0 Å². The minimum absolute atomic E-state index is 0.0831. The second-order valence-corrected chi connectivity index (χ2v) is 27.1. The second kappa shape index (κ2) is 15.5. The van der Waals surface area contributed by atoms with Crippen molar-refractivity contribution in [2.24, 2.45) is 62.6 Å². The van der Waals surface area contributed by atoms with E-state index < -0.39 is 11.9 Å². The summed E-state index contributed by atoms with van der Waals surface area (Å²) in [6.45, 7) is 31.6. The molecular weight excluding hydrogens is 880 g/mol. The molecule has 11 fully saturated rings. The maximum Gasteiger partial charge on any atom is 0.303 e. The van der Waals surface area contributed by atoms with Crippen LogP contribution in [0.15, 0.2) is 12.2 Å². The van der Waals surface area contributed by atoms with Gasteiger partial charge in [0, 0.05) is 99.0 Å². The van der Waals surface area contributed by atoms with Crippen LogP contribution in [0.3, 0.4) is 0 Å². The number of piperazine rings is 6. The summed E-state index contributed by atoms with van der Waals surface area (Å²) in [6.07, 6.45) is 15.6. The molecule has 0 aromatic rings. The van der Waals surface area contributed by atoms with Crippen LogP contribution >= 0.6 is 31.9 Å². The summed E-state index contributed by atoms with van der Waals surface area (Å²) in [5.74, 6) is 2.17. The Hall–Kier alpha value is -0.520. The molecule has 5 unspecified atom stereocenters. The van der Waals surface area contributed by atoms with Crippen LogP contribution in [-0.2, 0) is 9.59 Å². The Labute approximate surface area is 380 Å². The fourth-order valence-electron chi connectivity index (χ4n) is 18.8. The number of fused-ring (bicyclic) bond motifs is 13. The molecule has 0 aromatic carbocycles. The maximum absolute atomic E-state index is 12.3. The Morgan fingerprint density at radius 3 is 1.85 bits per heavy atom. The van der Waals surface area contributed by atoms with Crippen LogP contribution in [0.4, 0.5) is 0 Å².